The first-order valence-corrected chi connectivity index (χ1v) is 10.8. The molecule has 2 aromatic rings. The second-order valence-electron chi connectivity index (χ2n) is 7.84. The summed E-state index contributed by atoms with van der Waals surface area (Å²) in [7, 11) is 0. The second-order valence-corrected chi connectivity index (χ2v) is 10.2. The Balaban J connectivity index is 1.61. The molecule has 1 saturated heterocycles. The molecule has 2 aliphatic heterocycles. The lowest BCUT2D eigenvalue weighted by Gasteiger charge is -2.47. The quantitative estimate of drug-likeness (QED) is 0.407. The van der Waals surface area contributed by atoms with Crippen molar-refractivity contribution in [3.05, 3.63) is 74.2 Å². The van der Waals surface area contributed by atoms with Crippen molar-refractivity contribution in [1.82, 2.24) is 14.8 Å². The van der Waals surface area contributed by atoms with Gasteiger partial charge in [0.05, 0.1) is 4.92 Å². The van der Waals surface area contributed by atoms with Crippen LogP contribution in [0.25, 0.3) is 0 Å². The van der Waals surface area contributed by atoms with E-state index >= 15 is 0 Å². The normalized spacial score (nSPS) is 21.8. The zero-order chi connectivity index (χ0) is 22.3. The van der Waals surface area contributed by atoms with Crippen LogP contribution in [-0.4, -0.2) is 43.3 Å². The van der Waals surface area contributed by atoms with Crippen molar-refractivity contribution < 1.29 is 9.72 Å². The molecule has 31 heavy (non-hydrogen) atoms. The number of likely N-dealkylation sites (tertiary alicyclic amines) is 1. The van der Waals surface area contributed by atoms with Crippen molar-refractivity contribution in [1.29, 1.82) is 0 Å². The Morgan fingerprint density at radius 1 is 1.13 bits per heavy atom. The molecule has 0 spiro atoms. The summed E-state index contributed by atoms with van der Waals surface area (Å²) in [6.07, 6.45) is -0.109. The minimum absolute atomic E-state index is 0.0386. The molecule has 164 valence electrons. The molecule has 1 amide bonds. The van der Waals surface area contributed by atoms with E-state index in [-0.39, 0.29) is 28.6 Å². The van der Waals surface area contributed by atoms with Crippen LogP contribution in [0.3, 0.4) is 0 Å². The topological polar surface area (TPSA) is 97.5 Å². The van der Waals surface area contributed by atoms with Crippen molar-refractivity contribution in [2.45, 2.75) is 28.8 Å². The summed E-state index contributed by atoms with van der Waals surface area (Å²) in [5, 5.41) is 14.0. The lowest BCUT2D eigenvalue weighted by atomic mass is 9.83. The monoisotopic (exact) mass is 484 g/mol. The van der Waals surface area contributed by atoms with Gasteiger partial charge in [-0.15, -0.1) is 0 Å². The Hall–Kier alpha value is -2.13. The van der Waals surface area contributed by atoms with Gasteiger partial charge in [0.2, 0.25) is 3.79 Å². The lowest BCUT2D eigenvalue weighted by molar-refractivity contribution is -0.385. The van der Waals surface area contributed by atoms with Crippen molar-refractivity contribution in [3.63, 3.8) is 0 Å². The SMILES string of the molecule is O=C(N[C@H](N1C[C@@H]2C[C@@H](C1)c1cccc(=O)n1C2)C(Cl)(Cl)Cl)c1ccccc1[N+](=O)[O-]. The number of para-hydroxylation sites is 1. The van der Waals surface area contributed by atoms with Crippen LogP contribution in [0.4, 0.5) is 5.69 Å². The first kappa shape index (κ1) is 22.1. The number of hydrogen-bond acceptors (Lipinski definition) is 5. The predicted octanol–water partition coefficient (Wildman–Crippen LogP) is 3.30. The predicted molar refractivity (Wildman–Crippen MR) is 118 cm³/mol. The number of rotatable bonds is 4. The number of benzene rings is 1. The lowest BCUT2D eigenvalue weighted by Crippen LogP contribution is -2.60. The summed E-state index contributed by atoms with van der Waals surface area (Å²) in [5.41, 5.74) is 0.442. The molecule has 1 N–H and O–H groups in total. The van der Waals surface area contributed by atoms with Crippen LogP contribution >= 0.6 is 34.8 Å². The van der Waals surface area contributed by atoms with E-state index in [0.29, 0.717) is 19.6 Å². The Kier molecular flexibility index (Phi) is 6.00. The molecule has 1 fully saturated rings. The van der Waals surface area contributed by atoms with Crippen LogP contribution in [-0.2, 0) is 6.54 Å². The van der Waals surface area contributed by atoms with Crippen LogP contribution in [0, 0.1) is 16.0 Å². The highest BCUT2D eigenvalue weighted by Crippen LogP contribution is 2.40. The molecule has 3 atom stereocenters. The van der Waals surface area contributed by atoms with E-state index in [2.05, 4.69) is 5.32 Å². The van der Waals surface area contributed by atoms with Gasteiger partial charge in [-0.3, -0.25) is 24.6 Å². The first-order chi connectivity index (χ1) is 14.6. The smallest absolute Gasteiger partial charge is 0.282 e. The molecule has 4 rings (SSSR count). The molecule has 1 aromatic heterocycles. The van der Waals surface area contributed by atoms with Crippen molar-refractivity contribution in [3.8, 4) is 0 Å². The number of nitro groups is 1. The number of carbonyl (C=O) groups excluding carboxylic acids is 1. The minimum Gasteiger partial charge on any atom is -0.332 e. The van der Waals surface area contributed by atoms with E-state index in [1.54, 1.807) is 16.7 Å². The van der Waals surface area contributed by atoms with Gasteiger partial charge in [0, 0.05) is 43.4 Å². The molecule has 0 unspecified atom stereocenters. The van der Waals surface area contributed by atoms with Crippen LogP contribution in [0.2, 0.25) is 0 Å². The number of alkyl halides is 3. The summed E-state index contributed by atoms with van der Waals surface area (Å²) in [6.45, 7) is 1.52. The zero-order valence-corrected chi connectivity index (χ0v) is 18.5. The van der Waals surface area contributed by atoms with E-state index in [0.717, 1.165) is 12.1 Å². The number of fused-ring (bicyclic) bond motifs is 4. The van der Waals surface area contributed by atoms with Crippen LogP contribution in [0.5, 0.6) is 0 Å². The van der Waals surface area contributed by atoms with Gasteiger partial charge in [-0.2, -0.15) is 0 Å². The molecule has 3 heterocycles. The fourth-order valence-electron chi connectivity index (χ4n) is 4.55. The average Bonchev–Trinajstić information content (AvgIpc) is 2.71. The van der Waals surface area contributed by atoms with Crippen molar-refractivity contribution in [2.75, 3.05) is 13.1 Å². The standard InChI is InChI=1S/C20H19Cl3N4O4/c21-20(22,23)19(24-18(29)14-4-1-2-5-16(14)27(30)31)25-9-12-8-13(11-25)15-6-3-7-17(28)26(15)10-12/h1-7,12-13,19H,8-11H2,(H,24,29)/t12-,13-,19+/m0/s1. The minimum atomic E-state index is -1.87. The summed E-state index contributed by atoms with van der Waals surface area (Å²) in [4.78, 5) is 37.7. The summed E-state index contributed by atoms with van der Waals surface area (Å²) in [6, 6.07) is 10.8. The number of pyridine rings is 1. The third kappa shape index (κ3) is 4.43. The molecular formula is C20H19Cl3N4O4. The van der Waals surface area contributed by atoms with Gasteiger partial charge in [-0.05, 0) is 24.5 Å². The van der Waals surface area contributed by atoms with E-state index in [9.17, 15) is 19.7 Å². The highest BCUT2D eigenvalue weighted by Gasteiger charge is 2.44. The van der Waals surface area contributed by atoms with Gasteiger partial charge >= 0.3 is 0 Å². The average molecular weight is 486 g/mol. The summed E-state index contributed by atoms with van der Waals surface area (Å²) >= 11 is 18.7. The molecule has 11 heteroatoms. The van der Waals surface area contributed by atoms with Crippen LogP contribution in [0.15, 0.2) is 47.3 Å². The Morgan fingerprint density at radius 2 is 1.87 bits per heavy atom. The van der Waals surface area contributed by atoms with Gasteiger partial charge in [0.15, 0.2) is 0 Å². The maximum atomic E-state index is 12.9. The Bertz CT molecular complexity index is 1080. The van der Waals surface area contributed by atoms with E-state index in [1.165, 1.54) is 24.3 Å². The van der Waals surface area contributed by atoms with E-state index < -0.39 is 20.8 Å². The van der Waals surface area contributed by atoms with Gasteiger partial charge in [0.1, 0.15) is 11.7 Å². The molecular weight excluding hydrogens is 467 g/mol. The molecule has 0 aliphatic carbocycles. The molecule has 0 saturated carbocycles. The number of piperidine rings is 1. The molecule has 2 bridgehead atoms. The number of nitro benzene ring substituents is 1. The van der Waals surface area contributed by atoms with Crippen LogP contribution in [0.1, 0.15) is 28.4 Å². The third-order valence-electron chi connectivity index (χ3n) is 5.80. The molecule has 1 aromatic carbocycles. The number of nitrogens with zero attached hydrogens (tertiary/aromatic N) is 3. The molecule has 8 nitrogen and oxygen atoms in total. The Morgan fingerprint density at radius 3 is 2.58 bits per heavy atom. The van der Waals surface area contributed by atoms with Crippen molar-refractivity contribution >= 4 is 46.4 Å². The van der Waals surface area contributed by atoms with Crippen LogP contribution < -0.4 is 10.9 Å². The fourth-order valence-corrected chi connectivity index (χ4v) is 5.13. The second kappa shape index (κ2) is 8.43. The summed E-state index contributed by atoms with van der Waals surface area (Å²) in [5.74, 6) is -0.514. The number of amides is 1. The Labute approximate surface area is 192 Å². The zero-order valence-electron chi connectivity index (χ0n) is 16.2. The maximum absolute atomic E-state index is 12.9. The fraction of sp³-hybridized carbons (Fsp3) is 0.400. The highest BCUT2D eigenvalue weighted by atomic mass is 35.6. The van der Waals surface area contributed by atoms with Gasteiger partial charge in [0.25, 0.3) is 17.2 Å². The summed E-state index contributed by atoms with van der Waals surface area (Å²) < 4.78 is -0.0896. The van der Waals surface area contributed by atoms with E-state index in [1.807, 2.05) is 11.0 Å². The number of halogens is 3. The largest absolute Gasteiger partial charge is 0.332 e. The first-order valence-electron chi connectivity index (χ1n) is 9.70. The number of hydrogen-bond donors (Lipinski definition) is 1. The van der Waals surface area contributed by atoms with Gasteiger partial charge in [-0.25, -0.2) is 0 Å². The molecule has 2 aliphatic rings. The highest BCUT2D eigenvalue weighted by molar-refractivity contribution is 6.68. The number of nitrogens with one attached hydrogen (secondary N) is 1. The van der Waals surface area contributed by atoms with Gasteiger partial charge in [-0.1, -0.05) is 53.0 Å². The number of carbonyl (C=O) groups is 1. The number of aromatic nitrogens is 1. The van der Waals surface area contributed by atoms with Crippen molar-refractivity contribution in [2.24, 2.45) is 5.92 Å². The molecule has 0 radical (unpaired) electrons. The maximum Gasteiger partial charge on any atom is 0.282 e. The van der Waals surface area contributed by atoms with Gasteiger partial charge < -0.3 is 9.88 Å². The third-order valence-corrected chi connectivity index (χ3v) is 6.42. The van der Waals surface area contributed by atoms with E-state index in [4.69, 9.17) is 34.8 Å².